The van der Waals surface area contributed by atoms with Gasteiger partial charge in [-0.1, -0.05) is 12.2 Å². The molecule has 0 amide bonds. The first-order valence-electron chi connectivity index (χ1n) is 7.27. The van der Waals surface area contributed by atoms with E-state index in [4.69, 9.17) is 10.0 Å². The summed E-state index contributed by atoms with van der Waals surface area (Å²) in [5.41, 5.74) is 0. The van der Waals surface area contributed by atoms with Gasteiger partial charge in [0.05, 0.1) is 12.2 Å². The second-order valence-electron chi connectivity index (χ2n) is 5.15. The van der Waals surface area contributed by atoms with Gasteiger partial charge in [-0.3, -0.25) is 0 Å². The van der Waals surface area contributed by atoms with E-state index in [0.29, 0.717) is 6.32 Å². The predicted octanol–water partition coefficient (Wildman–Crippen LogP) is -0.353. The standard InChI is InChI=1S/C10H18O6.C4H9BO2/c1-5(2)15-9(13)7(11)8(12)10(14)16-6(3)4;1-2-3-4-5(6)7/h5-8,11-12H,1-4H3;2-3,6-7H,4H2,1H3/b;3-2-/t7-,8-;/m1./s1. The van der Waals surface area contributed by atoms with Gasteiger partial charge in [0, 0.05) is 0 Å². The third-order valence-corrected chi connectivity index (χ3v) is 2.07. The normalized spacial score (nSPS) is 13.3. The Morgan fingerprint density at radius 1 is 0.957 bits per heavy atom. The van der Waals surface area contributed by atoms with E-state index < -0.39 is 43.5 Å². The molecule has 0 heterocycles. The van der Waals surface area contributed by atoms with E-state index in [0.717, 1.165) is 0 Å². The van der Waals surface area contributed by atoms with Gasteiger partial charge in [-0.25, -0.2) is 9.59 Å². The highest BCUT2D eigenvalue weighted by Crippen LogP contribution is 2.03. The molecule has 0 spiro atoms. The Balaban J connectivity index is 0. The van der Waals surface area contributed by atoms with Gasteiger partial charge in [-0.15, -0.1) is 0 Å². The highest BCUT2D eigenvalue weighted by Gasteiger charge is 2.33. The minimum atomic E-state index is -1.92. The molecule has 9 heteroatoms. The Hall–Kier alpha value is -1.42. The maximum absolute atomic E-state index is 11.1. The second-order valence-corrected chi connectivity index (χ2v) is 5.15. The Kier molecular flexibility index (Phi) is 13.5. The fourth-order valence-electron chi connectivity index (χ4n) is 1.12. The van der Waals surface area contributed by atoms with Crippen LogP contribution in [0.1, 0.15) is 34.6 Å². The number of aliphatic hydroxyl groups excluding tert-OH is 2. The van der Waals surface area contributed by atoms with E-state index in [2.05, 4.69) is 9.47 Å². The Morgan fingerprint density at radius 3 is 1.48 bits per heavy atom. The van der Waals surface area contributed by atoms with Crippen LogP contribution in [0.3, 0.4) is 0 Å². The average molecular weight is 334 g/mol. The summed E-state index contributed by atoms with van der Waals surface area (Å²) in [7, 11) is -1.18. The quantitative estimate of drug-likeness (QED) is 0.282. The summed E-state index contributed by atoms with van der Waals surface area (Å²) in [6, 6.07) is 0. The van der Waals surface area contributed by atoms with Crippen LogP contribution < -0.4 is 0 Å². The number of allylic oxidation sites excluding steroid dienone is 2. The number of carbonyl (C=O) groups is 2. The molecule has 0 aliphatic heterocycles. The minimum Gasteiger partial charge on any atom is -0.461 e. The van der Waals surface area contributed by atoms with Crippen molar-refractivity contribution in [1.82, 2.24) is 0 Å². The lowest BCUT2D eigenvalue weighted by Crippen LogP contribution is -2.43. The Bertz CT molecular complexity index is 342. The molecule has 0 aromatic heterocycles. The molecule has 4 N–H and O–H groups in total. The molecule has 0 aromatic rings. The zero-order chi connectivity index (χ0) is 18.6. The van der Waals surface area contributed by atoms with Crippen LogP contribution in [0.15, 0.2) is 12.2 Å². The lowest BCUT2D eigenvalue weighted by molar-refractivity contribution is -0.177. The summed E-state index contributed by atoms with van der Waals surface area (Å²) in [4.78, 5) is 22.3. The van der Waals surface area contributed by atoms with Gasteiger partial charge in [0.1, 0.15) is 0 Å². The lowest BCUT2D eigenvalue weighted by atomic mass is 9.86. The molecule has 0 rings (SSSR count). The summed E-state index contributed by atoms with van der Waals surface area (Å²) in [5.74, 6) is -2.11. The zero-order valence-corrected chi connectivity index (χ0v) is 14.2. The molecule has 0 saturated carbocycles. The molecule has 0 aromatic carbocycles. The van der Waals surface area contributed by atoms with Crippen molar-refractivity contribution in [3.05, 3.63) is 12.2 Å². The number of rotatable bonds is 7. The van der Waals surface area contributed by atoms with Crippen LogP contribution in [0.4, 0.5) is 0 Å². The summed E-state index contributed by atoms with van der Waals surface area (Å²) < 4.78 is 9.26. The van der Waals surface area contributed by atoms with E-state index in [9.17, 15) is 19.8 Å². The van der Waals surface area contributed by atoms with Crippen molar-refractivity contribution in [3.63, 3.8) is 0 Å². The van der Waals surface area contributed by atoms with Crippen molar-refractivity contribution in [2.45, 2.75) is 65.4 Å². The second kappa shape index (κ2) is 13.1. The van der Waals surface area contributed by atoms with Gasteiger partial charge in [0.25, 0.3) is 0 Å². The monoisotopic (exact) mass is 334 g/mol. The Labute approximate surface area is 136 Å². The summed E-state index contributed by atoms with van der Waals surface area (Å²) in [5, 5.41) is 35.0. The van der Waals surface area contributed by atoms with Crippen LogP contribution in [0, 0.1) is 0 Å². The molecule has 23 heavy (non-hydrogen) atoms. The molecule has 2 atom stereocenters. The van der Waals surface area contributed by atoms with Crippen LogP contribution in [0.25, 0.3) is 0 Å². The molecular weight excluding hydrogens is 307 g/mol. The van der Waals surface area contributed by atoms with Crippen molar-refractivity contribution in [2.24, 2.45) is 0 Å². The van der Waals surface area contributed by atoms with Gasteiger partial charge in [-0.2, -0.15) is 0 Å². The van der Waals surface area contributed by atoms with E-state index in [1.807, 2.05) is 6.92 Å². The van der Waals surface area contributed by atoms with Crippen LogP contribution in [-0.2, 0) is 19.1 Å². The summed E-state index contributed by atoms with van der Waals surface area (Å²) in [6.45, 7) is 8.18. The van der Waals surface area contributed by atoms with Crippen molar-refractivity contribution in [1.29, 1.82) is 0 Å². The van der Waals surface area contributed by atoms with E-state index >= 15 is 0 Å². The van der Waals surface area contributed by atoms with E-state index in [-0.39, 0.29) is 0 Å². The fraction of sp³-hybridized carbons (Fsp3) is 0.714. The lowest BCUT2D eigenvalue weighted by Gasteiger charge is -2.18. The zero-order valence-electron chi connectivity index (χ0n) is 14.2. The summed E-state index contributed by atoms with van der Waals surface area (Å²) >= 11 is 0. The average Bonchev–Trinajstić information content (AvgIpc) is 2.42. The fourth-order valence-corrected chi connectivity index (χ4v) is 1.12. The van der Waals surface area contributed by atoms with Crippen molar-refractivity contribution >= 4 is 19.1 Å². The number of carbonyl (C=O) groups excluding carboxylic acids is 2. The largest absolute Gasteiger partial charge is 0.461 e. The van der Waals surface area contributed by atoms with Crippen molar-refractivity contribution in [3.8, 4) is 0 Å². The molecular formula is C14H27BO8. The smallest absolute Gasteiger partial charge is 0.455 e. The summed E-state index contributed by atoms with van der Waals surface area (Å²) in [6.07, 6.45) is -0.908. The maximum atomic E-state index is 11.1. The molecule has 8 nitrogen and oxygen atoms in total. The first-order chi connectivity index (χ1) is 10.5. The topological polar surface area (TPSA) is 134 Å². The van der Waals surface area contributed by atoms with E-state index in [1.165, 1.54) is 0 Å². The van der Waals surface area contributed by atoms with Crippen LogP contribution in [0.2, 0.25) is 6.32 Å². The SMILES string of the molecule is C/C=C\CB(O)O.CC(C)OC(=O)[C@H](O)[C@@H](O)C(=O)OC(C)C. The van der Waals surface area contributed by atoms with Gasteiger partial charge < -0.3 is 29.7 Å². The Morgan fingerprint density at radius 2 is 1.30 bits per heavy atom. The van der Waals surface area contributed by atoms with Gasteiger partial charge in [0.2, 0.25) is 0 Å². The first-order valence-corrected chi connectivity index (χ1v) is 7.27. The highest BCUT2D eigenvalue weighted by atomic mass is 16.6. The minimum absolute atomic E-state index is 0.330. The molecule has 0 aliphatic carbocycles. The molecule has 0 saturated heterocycles. The van der Waals surface area contributed by atoms with Crippen LogP contribution in [0.5, 0.6) is 0 Å². The van der Waals surface area contributed by atoms with Crippen LogP contribution in [-0.4, -0.2) is 63.7 Å². The molecule has 0 bridgehead atoms. The van der Waals surface area contributed by atoms with Crippen molar-refractivity contribution < 1.29 is 39.3 Å². The maximum Gasteiger partial charge on any atom is 0.455 e. The molecule has 0 fully saturated rings. The third-order valence-electron chi connectivity index (χ3n) is 2.07. The predicted molar refractivity (Wildman–Crippen MR) is 84.3 cm³/mol. The molecule has 134 valence electrons. The third kappa shape index (κ3) is 13.9. The molecule has 0 unspecified atom stereocenters. The van der Waals surface area contributed by atoms with E-state index in [1.54, 1.807) is 39.8 Å². The number of ether oxygens (including phenoxy) is 2. The van der Waals surface area contributed by atoms with Gasteiger partial charge in [0.15, 0.2) is 12.2 Å². The van der Waals surface area contributed by atoms with Crippen molar-refractivity contribution in [2.75, 3.05) is 0 Å². The number of hydrogen-bond donors (Lipinski definition) is 4. The molecule has 0 aliphatic rings. The van der Waals surface area contributed by atoms with Crippen LogP contribution >= 0.6 is 0 Å². The highest BCUT2D eigenvalue weighted by molar-refractivity contribution is 6.41. The molecule has 0 radical (unpaired) electrons. The number of hydrogen-bond acceptors (Lipinski definition) is 8. The first kappa shape index (κ1) is 23.8. The van der Waals surface area contributed by atoms with Gasteiger partial charge >= 0.3 is 19.1 Å². The number of aliphatic hydroxyl groups is 2. The van der Waals surface area contributed by atoms with Gasteiger partial charge in [-0.05, 0) is 40.9 Å². The number of esters is 2.